The number of hydrogen-bond acceptors (Lipinski definition) is 4. The Bertz CT molecular complexity index is 380. The number of rotatable bonds is 6. The molecule has 0 bridgehead atoms. The van der Waals surface area contributed by atoms with Crippen LogP contribution in [0.1, 0.15) is 20.3 Å². The summed E-state index contributed by atoms with van der Waals surface area (Å²) in [6, 6.07) is -1.49. The molecule has 9 heteroatoms. The van der Waals surface area contributed by atoms with E-state index >= 15 is 0 Å². The van der Waals surface area contributed by atoms with Gasteiger partial charge in [-0.1, -0.05) is 0 Å². The van der Waals surface area contributed by atoms with E-state index in [0.717, 1.165) is 0 Å². The molecule has 0 aliphatic rings. The van der Waals surface area contributed by atoms with E-state index in [0.29, 0.717) is 0 Å². The predicted molar refractivity (Wildman–Crippen MR) is 65.2 cm³/mol. The molecule has 0 fully saturated rings. The van der Waals surface area contributed by atoms with E-state index in [9.17, 15) is 19.2 Å². The first kappa shape index (κ1) is 16.7. The van der Waals surface area contributed by atoms with Crippen LogP contribution >= 0.6 is 0 Å². The highest BCUT2D eigenvalue weighted by atomic mass is 16.4. The largest absolute Gasteiger partial charge is 0.481 e. The summed E-state index contributed by atoms with van der Waals surface area (Å²) in [4.78, 5) is 43.7. The number of imide groups is 1. The van der Waals surface area contributed by atoms with Crippen molar-refractivity contribution in [3.05, 3.63) is 0 Å². The normalized spacial score (nSPS) is 10.4. The molecular weight excluding hydrogens is 256 g/mol. The number of nitrogens with two attached hydrogens (primary N) is 1. The molecule has 0 atom stereocenters. The fourth-order valence-electron chi connectivity index (χ4n) is 1.05. The third-order valence-electron chi connectivity index (χ3n) is 2.14. The molecule has 0 radical (unpaired) electrons. The monoisotopic (exact) mass is 274 g/mol. The maximum absolute atomic E-state index is 11.4. The van der Waals surface area contributed by atoms with Crippen LogP contribution in [0.15, 0.2) is 0 Å². The summed E-state index contributed by atoms with van der Waals surface area (Å²) in [6.45, 7) is 2.97. The Hall–Kier alpha value is -2.32. The van der Waals surface area contributed by atoms with Gasteiger partial charge >= 0.3 is 18.0 Å². The summed E-state index contributed by atoms with van der Waals surface area (Å²) in [5.74, 6) is -1.83. The highest BCUT2D eigenvalue weighted by Crippen LogP contribution is 2.19. The molecule has 5 amide bonds. The summed E-state index contributed by atoms with van der Waals surface area (Å²) in [5.41, 5.74) is 3.55. The minimum atomic E-state index is -1.25. The third-order valence-corrected chi connectivity index (χ3v) is 2.14. The first-order valence-corrected chi connectivity index (χ1v) is 5.49. The Labute approximate surface area is 109 Å². The van der Waals surface area contributed by atoms with E-state index in [1.165, 1.54) is 13.8 Å². The minimum Gasteiger partial charge on any atom is -0.481 e. The first-order valence-electron chi connectivity index (χ1n) is 5.49. The lowest BCUT2D eigenvalue weighted by Gasteiger charge is -2.17. The van der Waals surface area contributed by atoms with Gasteiger partial charge in [0, 0.05) is 19.5 Å². The topological polar surface area (TPSA) is 151 Å². The van der Waals surface area contributed by atoms with E-state index in [1.807, 2.05) is 5.32 Å². The summed E-state index contributed by atoms with van der Waals surface area (Å²) < 4.78 is 0. The van der Waals surface area contributed by atoms with Crippen LogP contribution in [0.3, 0.4) is 0 Å². The van der Waals surface area contributed by atoms with Gasteiger partial charge in [0.1, 0.15) is 0 Å². The van der Waals surface area contributed by atoms with Crippen LogP contribution in [0.5, 0.6) is 0 Å². The van der Waals surface area contributed by atoms with E-state index in [2.05, 4.69) is 10.6 Å². The number of carbonyl (C=O) groups excluding carboxylic acids is 3. The van der Waals surface area contributed by atoms with Crippen LogP contribution < -0.4 is 21.7 Å². The van der Waals surface area contributed by atoms with Crippen molar-refractivity contribution >= 4 is 23.9 Å². The van der Waals surface area contributed by atoms with E-state index in [-0.39, 0.29) is 19.5 Å². The number of nitrogens with one attached hydrogen (secondary N) is 3. The van der Waals surface area contributed by atoms with Gasteiger partial charge in [0.25, 0.3) is 0 Å². The molecule has 0 spiro atoms. The fourth-order valence-corrected chi connectivity index (χ4v) is 1.05. The van der Waals surface area contributed by atoms with E-state index < -0.39 is 29.4 Å². The molecule has 0 unspecified atom stereocenters. The lowest BCUT2D eigenvalue weighted by atomic mass is 9.89. The van der Waals surface area contributed by atoms with Crippen molar-refractivity contribution in [1.82, 2.24) is 16.0 Å². The maximum atomic E-state index is 11.4. The van der Waals surface area contributed by atoms with Crippen molar-refractivity contribution < 1.29 is 24.3 Å². The number of carbonyl (C=O) groups is 4. The van der Waals surface area contributed by atoms with Crippen molar-refractivity contribution in [3.8, 4) is 0 Å². The summed E-state index contributed by atoms with van der Waals surface area (Å²) in [6.07, 6.45) is -0.324. The van der Waals surface area contributed by atoms with Gasteiger partial charge < -0.3 is 21.5 Å². The van der Waals surface area contributed by atoms with Crippen LogP contribution in [0.25, 0.3) is 0 Å². The smallest absolute Gasteiger partial charge is 0.321 e. The number of hydrogen-bond donors (Lipinski definition) is 5. The Balaban J connectivity index is 3.97. The number of amides is 5. The highest BCUT2D eigenvalue weighted by molar-refractivity contribution is 5.96. The Kier molecular flexibility index (Phi) is 6.31. The lowest BCUT2D eigenvalue weighted by Crippen LogP contribution is -2.44. The highest BCUT2D eigenvalue weighted by Gasteiger charge is 2.30. The molecule has 0 aromatic carbocycles. The van der Waals surface area contributed by atoms with Crippen LogP contribution in [0, 0.1) is 5.41 Å². The molecule has 0 aromatic heterocycles. The molecule has 19 heavy (non-hydrogen) atoms. The van der Waals surface area contributed by atoms with Crippen LogP contribution in [0.2, 0.25) is 0 Å². The fraction of sp³-hybridized carbons (Fsp3) is 0.600. The van der Waals surface area contributed by atoms with Crippen molar-refractivity contribution in [2.24, 2.45) is 11.1 Å². The minimum absolute atomic E-state index is 0.0877. The second-order valence-corrected chi connectivity index (χ2v) is 4.46. The summed E-state index contributed by atoms with van der Waals surface area (Å²) >= 11 is 0. The summed E-state index contributed by atoms with van der Waals surface area (Å²) in [5, 5.41) is 15.3. The predicted octanol–water partition coefficient (Wildman–Crippen LogP) is -1.02. The van der Waals surface area contributed by atoms with Gasteiger partial charge in [-0.15, -0.1) is 0 Å². The number of urea groups is 2. The molecule has 0 heterocycles. The molecule has 0 rings (SSSR count). The van der Waals surface area contributed by atoms with Gasteiger partial charge in [-0.3, -0.25) is 14.9 Å². The molecule has 0 aliphatic carbocycles. The van der Waals surface area contributed by atoms with Gasteiger partial charge in [0.15, 0.2) is 0 Å². The number of aliphatic carboxylic acids is 1. The standard InChI is InChI=1S/C10H18N4O5/c1-10(2,7(16)17)5-6(15)14-9(19)13-4-3-12-8(11)18/h3-5H2,1-2H3,(H,16,17)(H3,11,12,18)(H2,13,14,15,19). The molecule has 0 saturated carbocycles. The molecular formula is C10H18N4O5. The quantitative estimate of drug-likeness (QED) is 0.393. The second-order valence-electron chi connectivity index (χ2n) is 4.46. The number of primary amides is 1. The maximum Gasteiger partial charge on any atom is 0.321 e. The third kappa shape index (κ3) is 7.58. The number of carboxylic acids is 1. The summed E-state index contributed by atoms with van der Waals surface area (Å²) in [7, 11) is 0. The van der Waals surface area contributed by atoms with E-state index in [1.54, 1.807) is 0 Å². The average Bonchev–Trinajstić information content (AvgIpc) is 2.22. The molecule has 108 valence electrons. The van der Waals surface area contributed by atoms with Crippen LogP contribution in [-0.4, -0.2) is 42.1 Å². The average molecular weight is 274 g/mol. The molecule has 9 nitrogen and oxygen atoms in total. The molecule has 0 saturated heterocycles. The van der Waals surface area contributed by atoms with Crippen molar-refractivity contribution in [3.63, 3.8) is 0 Å². The van der Waals surface area contributed by atoms with Crippen LogP contribution in [-0.2, 0) is 9.59 Å². The zero-order valence-corrected chi connectivity index (χ0v) is 10.8. The van der Waals surface area contributed by atoms with Gasteiger partial charge in [-0.25, -0.2) is 9.59 Å². The van der Waals surface area contributed by atoms with Gasteiger partial charge in [-0.2, -0.15) is 0 Å². The zero-order valence-electron chi connectivity index (χ0n) is 10.8. The van der Waals surface area contributed by atoms with Gasteiger partial charge in [0.05, 0.1) is 5.41 Å². The Morgan fingerprint density at radius 3 is 2.11 bits per heavy atom. The van der Waals surface area contributed by atoms with Crippen molar-refractivity contribution in [1.29, 1.82) is 0 Å². The van der Waals surface area contributed by atoms with Gasteiger partial charge in [-0.05, 0) is 13.8 Å². The Morgan fingerprint density at radius 2 is 1.63 bits per heavy atom. The molecule has 6 N–H and O–H groups in total. The second kappa shape index (κ2) is 7.19. The Morgan fingerprint density at radius 1 is 1.11 bits per heavy atom. The zero-order chi connectivity index (χ0) is 15.1. The first-order chi connectivity index (χ1) is 8.65. The van der Waals surface area contributed by atoms with Crippen molar-refractivity contribution in [2.45, 2.75) is 20.3 Å². The molecule has 0 aliphatic heterocycles. The van der Waals surface area contributed by atoms with Crippen LogP contribution in [0.4, 0.5) is 9.59 Å². The van der Waals surface area contributed by atoms with Gasteiger partial charge in [0.2, 0.25) is 5.91 Å². The lowest BCUT2D eigenvalue weighted by molar-refractivity contribution is -0.149. The molecule has 0 aromatic rings. The van der Waals surface area contributed by atoms with Crippen molar-refractivity contribution in [2.75, 3.05) is 13.1 Å². The van der Waals surface area contributed by atoms with E-state index in [4.69, 9.17) is 10.8 Å². The number of carboxylic acid groups (broad SMARTS) is 1. The SMILES string of the molecule is CC(C)(CC(=O)NC(=O)NCCNC(N)=O)C(=O)O.